The molecule has 0 aliphatic carbocycles. The molecule has 0 aromatic carbocycles. The first-order valence-corrected chi connectivity index (χ1v) is 2.77. The van der Waals surface area contributed by atoms with E-state index in [9.17, 15) is 18.0 Å². The maximum atomic E-state index is 11.7. The van der Waals surface area contributed by atoms with Crippen LogP contribution >= 0.6 is 0 Å². The predicted octanol–water partition coefficient (Wildman–Crippen LogP) is -0.0449. The predicted molar refractivity (Wildman–Crippen MR) is 29.2 cm³/mol. The molecular formula is C4H3F3N4O. The van der Waals surface area contributed by atoms with Crippen molar-refractivity contribution in [3.8, 4) is 0 Å². The summed E-state index contributed by atoms with van der Waals surface area (Å²) in [5, 5.41) is 9.10. The molecule has 0 spiro atoms. The van der Waals surface area contributed by atoms with Crippen molar-refractivity contribution in [3.63, 3.8) is 0 Å². The Morgan fingerprint density at radius 1 is 1.50 bits per heavy atom. The van der Waals surface area contributed by atoms with Crippen molar-refractivity contribution in [3.05, 3.63) is 5.82 Å². The fraction of sp³-hybridized carbons (Fsp3) is 0.500. The number of alkyl halides is 3. The highest BCUT2D eigenvalue weighted by atomic mass is 19.4. The number of carbonyl (C=O) groups is 1. The van der Waals surface area contributed by atoms with Crippen LogP contribution < -0.4 is 0 Å². The molecule has 0 saturated heterocycles. The lowest BCUT2D eigenvalue weighted by atomic mass is 10.4. The zero-order chi connectivity index (χ0) is 9.35. The second kappa shape index (κ2) is 2.54. The number of hydrogen-bond acceptors (Lipinski definition) is 4. The van der Waals surface area contributed by atoms with Gasteiger partial charge in [-0.05, 0) is 5.21 Å². The zero-order valence-electron chi connectivity index (χ0n) is 5.83. The van der Waals surface area contributed by atoms with Gasteiger partial charge < -0.3 is 0 Å². The molecule has 8 heteroatoms. The summed E-state index contributed by atoms with van der Waals surface area (Å²) < 4.78 is 35.0. The lowest BCUT2D eigenvalue weighted by Crippen LogP contribution is -2.24. The Morgan fingerprint density at radius 2 is 2.08 bits per heavy atom. The molecule has 12 heavy (non-hydrogen) atoms. The van der Waals surface area contributed by atoms with Gasteiger partial charge in [-0.1, -0.05) is 0 Å². The van der Waals surface area contributed by atoms with E-state index in [-0.39, 0.29) is 0 Å². The van der Waals surface area contributed by atoms with Crippen molar-refractivity contribution in [1.29, 1.82) is 0 Å². The molecule has 66 valence electrons. The maximum Gasteiger partial charge on any atom is 0.458 e. The van der Waals surface area contributed by atoms with Gasteiger partial charge in [0.1, 0.15) is 0 Å². The fourth-order valence-electron chi connectivity index (χ4n) is 0.502. The quantitative estimate of drug-likeness (QED) is 0.568. The molecule has 0 aliphatic rings. The van der Waals surface area contributed by atoms with E-state index in [0.29, 0.717) is 0 Å². The van der Waals surface area contributed by atoms with Crippen LogP contribution in [-0.2, 0) is 7.05 Å². The molecule has 1 heterocycles. The number of carbonyl (C=O) groups excluding carboxylic acids is 1. The van der Waals surface area contributed by atoms with Gasteiger partial charge in [0.25, 0.3) is 0 Å². The van der Waals surface area contributed by atoms with E-state index in [4.69, 9.17) is 0 Å². The van der Waals surface area contributed by atoms with Crippen LogP contribution in [0.15, 0.2) is 0 Å². The number of hydrogen-bond donors (Lipinski definition) is 0. The minimum atomic E-state index is -4.94. The van der Waals surface area contributed by atoms with Crippen LogP contribution in [0.1, 0.15) is 10.6 Å². The number of halogens is 3. The summed E-state index contributed by atoms with van der Waals surface area (Å²) in [4.78, 5) is 11.2. The van der Waals surface area contributed by atoms with Gasteiger partial charge in [0.15, 0.2) is 0 Å². The first-order chi connectivity index (χ1) is 5.41. The normalized spacial score (nSPS) is 11.7. The highest BCUT2D eigenvalue weighted by Gasteiger charge is 2.42. The average Bonchev–Trinajstić information content (AvgIpc) is 2.32. The van der Waals surface area contributed by atoms with E-state index >= 15 is 0 Å². The molecule has 0 atom stereocenters. The van der Waals surface area contributed by atoms with Gasteiger partial charge in [-0.15, -0.1) is 10.2 Å². The van der Waals surface area contributed by atoms with Crippen LogP contribution in [-0.4, -0.2) is 32.2 Å². The summed E-state index contributed by atoms with van der Waals surface area (Å²) in [7, 11) is 1.26. The van der Waals surface area contributed by atoms with E-state index in [0.717, 1.165) is 4.80 Å². The smallest absolute Gasteiger partial charge is 0.280 e. The largest absolute Gasteiger partial charge is 0.458 e. The number of aryl methyl sites for hydroxylation is 1. The molecule has 0 aliphatic heterocycles. The maximum absolute atomic E-state index is 11.7. The van der Waals surface area contributed by atoms with Gasteiger partial charge in [-0.2, -0.15) is 18.0 Å². The second-order valence-corrected chi connectivity index (χ2v) is 1.93. The van der Waals surface area contributed by atoms with Gasteiger partial charge in [0.2, 0.25) is 5.82 Å². The van der Waals surface area contributed by atoms with Gasteiger partial charge >= 0.3 is 12.0 Å². The number of rotatable bonds is 1. The minimum Gasteiger partial charge on any atom is -0.280 e. The zero-order valence-corrected chi connectivity index (χ0v) is 5.83. The molecule has 1 rings (SSSR count). The standard InChI is InChI=1S/C4H3F3N4O/c1-11-9-3(8-10-11)2(12)4(5,6)7/h1H3. The summed E-state index contributed by atoms with van der Waals surface area (Å²) in [6.45, 7) is 0. The molecule has 0 amide bonds. The van der Waals surface area contributed by atoms with Crippen LogP contribution in [0.4, 0.5) is 13.2 Å². The third-order valence-corrected chi connectivity index (χ3v) is 0.969. The van der Waals surface area contributed by atoms with E-state index < -0.39 is 17.8 Å². The van der Waals surface area contributed by atoms with E-state index in [1.165, 1.54) is 7.05 Å². The van der Waals surface area contributed by atoms with E-state index in [2.05, 4.69) is 15.4 Å². The number of ketones is 1. The Balaban J connectivity index is 2.93. The van der Waals surface area contributed by atoms with Crippen LogP contribution in [0.5, 0.6) is 0 Å². The Morgan fingerprint density at radius 3 is 2.42 bits per heavy atom. The van der Waals surface area contributed by atoms with Crippen molar-refractivity contribution >= 4 is 5.78 Å². The molecule has 0 fully saturated rings. The van der Waals surface area contributed by atoms with Crippen LogP contribution in [0, 0.1) is 0 Å². The highest BCUT2D eigenvalue weighted by molar-refractivity contribution is 5.96. The van der Waals surface area contributed by atoms with Gasteiger partial charge in [-0.25, -0.2) is 0 Å². The van der Waals surface area contributed by atoms with Crippen molar-refractivity contribution < 1.29 is 18.0 Å². The Bertz CT molecular complexity index is 303. The molecule has 0 unspecified atom stereocenters. The summed E-state index contributed by atoms with van der Waals surface area (Å²) in [6.07, 6.45) is -4.94. The van der Waals surface area contributed by atoms with Crippen molar-refractivity contribution in [2.24, 2.45) is 7.05 Å². The lowest BCUT2D eigenvalue weighted by Gasteiger charge is -1.98. The molecular weight excluding hydrogens is 177 g/mol. The first kappa shape index (κ1) is 8.62. The van der Waals surface area contributed by atoms with Crippen LogP contribution in [0.3, 0.4) is 0 Å². The fourth-order valence-corrected chi connectivity index (χ4v) is 0.502. The lowest BCUT2D eigenvalue weighted by molar-refractivity contribution is -0.0891. The van der Waals surface area contributed by atoms with E-state index in [1.54, 1.807) is 0 Å². The monoisotopic (exact) mass is 180 g/mol. The average molecular weight is 180 g/mol. The molecule has 0 saturated carbocycles. The molecule has 1 aromatic rings. The number of nitrogens with zero attached hydrogens (tertiary/aromatic N) is 4. The number of aromatic nitrogens is 4. The van der Waals surface area contributed by atoms with Crippen molar-refractivity contribution in [2.75, 3.05) is 0 Å². The minimum absolute atomic E-state index is 0.777. The van der Waals surface area contributed by atoms with Crippen molar-refractivity contribution in [2.45, 2.75) is 6.18 Å². The van der Waals surface area contributed by atoms with Crippen LogP contribution in [0.25, 0.3) is 0 Å². The van der Waals surface area contributed by atoms with Gasteiger partial charge in [0, 0.05) is 0 Å². The third kappa shape index (κ3) is 1.57. The molecule has 5 nitrogen and oxygen atoms in total. The first-order valence-electron chi connectivity index (χ1n) is 2.77. The highest BCUT2D eigenvalue weighted by Crippen LogP contribution is 2.18. The third-order valence-electron chi connectivity index (χ3n) is 0.969. The summed E-state index contributed by atoms with van der Waals surface area (Å²) in [5.74, 6) is -3.03. The summed E-state index contributed by atoms with van der Waals surface area (Å²) in [5.41, 5.74) is 0. The SMILES string of the molecule is Cn1nnc(C(=O)C(F)(F)F)n1. The van der Waals surface area contributed by atoms with Gasteiger partial charge in [-0.3, -0.25) is 4.79 Å². The Labute approximate surface area is 64.2 Å². The van der Waals surface area contributed by atoms with Crippen LogP contribution in [0.2, 0.25) is 0 Å². The molecule has 1 aromatic heterocycles. The number of Topliss-reactive ketones (excluding diaryl/α,β-unsaturated/α-hetero) is 1. The molecule has 0 N–H and O–H groups in total. The van der Waals surface area contributed by atoms with Gasteiger partial charge in [0.05, 0.1) is 7.05 Å². The molecule has 0 bridgehead atoms. The topological polar surface area (TPSA) is 60.7 Å². The molecule has 0 radical (unpaired) electrons. The van der Waals surface area contributed by atoms with E-state index in [1.807, 2.05) is 0 Å². The Kier molecular flexibility index (Phi) is 1.82. The van der Waals surface area contributed by atoms with Crippen molar-refractivity contribution in [1.82, 2.24) is 20.2 Å². The number of tetrazole rings is 1. The Hall–Kier alpha value is -1.47. The summed E-state index contributed by atoms with van der Waals surface area (Å²) >= 11 is 0. The summed E-state index contributed by atoms with van der Waals surface area (Å²) in [6, 6.07) is 0. The second-order valence-electron chi connectivity index (χ2n) is 1.93.